The van der Waals surface area contributed by atoms with E-state index in [0.717, 1.165) is 24.2 Å². The molecule has 0 heterocycles. The number of ether oxygens (including phenoxy) is 2. The normalized spacial score (nSPS) is 17.4. The molecular weight excluding hydrogens is 254 g/mol. The third kappa shape index (κ3) is 2.66. The first-order valence-electron chi connectivity index (χ1n) is 7.01. The molecule has 1 N–H and O–H groups in total. The number of hydrogen-bond acceptors (Lipinski definition) is 4. The van der Waals surface area contributed by atoms with Gasteiger partial charge in [-0.15, -0.1) is 0 Å². The van der Waals surface area contributed by atoms with Crippen molar-refractivity contribution in [2.24, 2.45) is 5.92 Å². The Labute approximate surface area is 120 Å². The first-order valence-corrected chi connectivity index (χ1v) is 7.01. The van der Waals surface area contributed by atoms with E-state index in [1.807, 2.05) is 19.1 Å². The average molecular weight is 277 g/mol. The van der Waals surface area contributed by atoms with Crippen molar-refractivity contribution in [3.8, 4) is 5.75 Å². The van der Waals surface area contributed by atoms with E-state index >= 15 is 0 Å². The van der Waals surface area contributed by atoms with Gasteiger partial charge in [0, 0.05) is 0 Å². The minimum Gasteiger partial charge on any atom is -0.491 e. The number of esters is 1. The molecule has 1 saturated carbocycles. The molecule has 4 heteroatoms. The maximum atomic E-state index is 12.2. The van der Waals surface area contributed by atoms with E-state index in [2.05, 4.69) is 18.3 Å². The van der Waals surface area contributed by atoms with Gasteiger partial charge >= 0.3 is 5.97 Å². The molecule has 1 atom stereocenters. The summed E-state index contributed by atoms with van der Waals surface area (Å²) in [7, 11) is 3.22. The highest BCUT2D eigenvalue weighted by Gasteiger charge is 2.51. The molecule has 1 aliphatic carbocycles. The first-order chi connectivity index (χ1) is 9.55. The van der Waals surface area contributed by atoms with Crippen molar-refractivity contribution < 1.29 is 14.3 Å². The van der Waals surface area contributed by atoms with Crippen molar-refractivity contribution in [1.82, 2.24) is 5.32 Å². The fourth-order valence-electron chi connectivity index (χ4n) is 2.55. The predicted octanol–water partition coefficient (Wildman–Crippen LogP) is 2.22. The van der Waals surface area contributed by atoms with E-state index in [1.54, 1.807) is 7.05 Å². The minimum absolute atomic E-state index is 0.243. The zero-order chi connectivity index (χ0) is 14.8. The highest BCUT2D eigenvalue weighted by molar-refractivity contribution is 5.82. The molecule has 1 aliphatic rings. The summed E-state index contributed by atoms with van der Waals surface area (Å²) in [6, 6.07) is 5.95. The van der Waals surface area contributed by atoms with Gasteiger partial charge in [-0.05, 0) is 56.8 Å². The number of benzene rings is 1. The number of carbonyl (C=O) groups is 1. The summed E-state index contributed by atoms with van der Waals surface area (Å²) in [5.41, 5.74) is 1.56. The van der Waals surface area contributed by atoms with Crippen LogP contribution >= 0.6 is 0 Å². The van der Waals surface area contributed by atoms with E-state index < -0.39 is 5.54 Å². The Bertz CT molecular complexity index is 496. The summed E-state index contributed by atoms with van der Waals surface area (Å²) in [4.78, 5) is 12.2. The number of aryl methyl sites for hydroxylation is 1. The monoisotopic (exact) mass is 277 g/mol. The molecule has 0 amide bonds. The third-order valence-corrected chi connectivity index (χ3v) is 4.28. The summed E-state index contributed by atoms with van der Waals surface area (Å²) < 4.78 is 10.9. The van der Waals surface area contributed by atoms with Crippen LogP contribution in [0.1, 0.15) is 24.0 Å². The van der Waals surface area contributed by atoms with Crippen LogP contribution in [0.2, 0.25) is 0 Å². The number of likely N-dealkylation sites (N-methyl/N-ethyl adjacent to an activating group) is 1. The van der Waals surface area contributed by atoms with Crippen molar-refractivity contribution in [2.45, 2.75) is 32.2 Å². The number of rotatable bonds is 6. The lowest BCUT2D eigenvalue weighted by Crippen LogP contribution is -2.57. The van der Waals surface area contributed by atoms with Gasteiger partial charge in [-0.1, -0.05) is 12.1 Å². The summed E-state index contributed by atoms with van der Waals surface area (Å²) in [5.74, 6) is 0.882. The topological polar surface area (TPSA) is 47.6 Å². The highest BCUT2D eigenvalue weighted by Crippen LogP contribution is 2.40. The van der Waals surface area contributed by atoms with E-state index in [-0.39, 0.29) is 5.97 Å². The van der Waals surface area contributed by atoms with Crippen molar-refractivity contribution in [3.63, 3.8) is 0 Å². The molecule has 0 bridgehead atoms. The van der Waals surface area contributed by atoms with Gasteiger partial charge in [-0.25, -0.2) is 4.79 Å². The van der Waals surface area contributed by atoms with Gasteiger partial charge in [0.2, 0.25) is 0 Å². The molecule has 1 aromatic rings. The van der Waals surface area contributed by atoms with Crippen molar-refractivity contribution in [3.05, 3.63) is 29.3 Å². The predicted molar refractivity (Wildman–Crippen MR) is 77.9 cm³/mol. The standard InChI is InChI=1S/C16H23NO3/c1-11-6-5-7-14(12(11)2)20-10-16(17-3,13-8-9-13)15(18)19-4/h5-7,13,17H,8-10H2,1-4H3. The molecule has 1 aromatic carbocycles. The minimum atomic E-state index is -0.731. The first kappa shape index (κ1) is 14.9. The zero-order valence-corrected chi connectivity index (χ0v) is 12.7. The van der Waals surface area contributed by atoms with E-state index in [1.165, 1.54) is 12.7 Å². The molecule has 110 valence electrons. The third-order valence-electron chi connectivity index (χ3n) is 4.28. The Balaban J connectivity index is 2.17. The molecule has 1 fully saturated rings. The van der Waals surface area contributed by atoms with Gasteiger partial charge in [0.15, 0.2) is 5.54 Å². The number of carbonyl (C=O) groups excluding carboxylic acids is 1. The Kier molecular flexibility index (Phi) is 4.33. The van der Waals surface area contributed by atoms with Gasteiger partial charge in [-0.2, -0.15) is 0 Å². The zero-order valence-electron chi connectivity index (χ0n) is 12.7. The van der Waals surface area contributed by atoms with Crippen LogP contribution in [0.3, 0.4) is 0 Å². The molecule has 0 aliphatic heterocycles. The second kappa shape index (κ2) is 5.83. The van der Waals surface area contributed by atoms with E-state index in [0.29, 0.717) is 12.5 Å². The fourth-order valence-corrected chi connectivity index (χ4v) is 2.55. The van der Waals surface area contributed by atoms with Crippen LogP contribution < -0.4 is 10.1 Å². The molecule has 0 radical (unpaired) electrons. The molecule has 4 nitrogen and oxygen atoms in total. The maximum Gasteiger partial charge on any atom is 0.329 e. The van der Waals surface area contributed by atoms with Gasteiger partial charge in [-0.3, -0.25) is 0 Å². The lowest BCUT2D eigenvalue weighted by Gasteiger charge is -2.30. The second-order valence-corrected chi connectivity index (χ2v) is 5.47. The van der Waals surface area contributed by atoms with Crippen molar-refractivity contribution in [1.29, 1.82) is 0 Å². The molecule has 1 unspecified atom stereocenters. The fraction of sp³-hybridized carbons (Fsp3) is 0.562. The Hall–Kier alpha value is -1.55. The Morgan fingerprint density at radius 2 is 2.10 bits per heavy atom. The van der Waals surface area contributed by atoms with E-state index in [9.17, 15) is 4.79 Å². The summed E-state index contributed by atoms with van der Waals surface area (Å²) in [5, 5.41) is 3.13. The highest BCUT2D eigenvalue weighted by atomic mass is 16.5. The van der Waals surface area contributed by atoms with Crippen LogP contribution in [-0.2, 0) is 9.53 Å². The van der Waals surface area contributed by atoms with Crippen LogP contribution in [0.25, 0.3) is 0 Å². The van der Waals surface area contributed by atoms with Gasteiger partial charge in [0.05, 0.1) is 7.11 Å². The number of methoxy groups -OCH3 is 1. The molecule has 20 heavy (non-hydrogen) atoms. The quantitative estimate of drug-likeness (QED) is 0.810. The van der Waals surface area contributed by atoms with Gasteiger partial charge < -0.3 is 14.8 Å². The average Bonchev–Trinajstić information content (AvgIpc) is 3.29. The largest absolute Gasteiger partial charge is 0.491 e. The van der Waals surface area contributed by atoms with Crippen LogP contribution in [0.4, 0.5) is 0 Å². The molecule has 0 spiro atoms. The molecule has 0 aromatic heterocycles. The number of nitrogens with one attached hydrogen (secondary N) is 1. The summed E-state index contributed by atoms with van der Waals surface area (Å²) in [6.07, 6.45) is 2.07. The van der Waals surface area contributed by atoms with Crippen LogP contribution in [0.15, 0.2) is 18.2 Å². The molecular formula is C16H23NO3. The van der Waals surface area contributed by atoms with Crippen LogP contribution in [-0.4, -0.2) is 32.3 Å². The lowest BCUT2D eigenvalue weighted by molar-refractivity contribution is -0.151. The van der Waals surface area contributed by atoms with Crippen LogP contribution in [0.5, 0.6) is 5.75 Å². The summed E-state index contributed by atoms with van der Waals surface area (Å²) >= 11 is 0. The van der Waals surface area contributed by atoms with Gasteiger partial charge in [0.1, 0.15) is 12.4 Å². The lowest BCUT2D eigenvalue weighted by atomic mass is 9.94. The maximum absolute atomic E-state index is 12.2. The van der Waals surface area contributed by atoms with Crippen LogP contribution in [0, 0.1) is 19.8 Å². The van der Waals surface area contributed by atoms with Gasteiger partial charge in [0.25, 0.3) is 0 Å². The SMILES string of the molecule is CNC(COc1cccc(C)c1C)(C(=O)OC)C1CC1. The molecule has 2 rings (SSSR count). The second-order valence-electron chi connectivity index (χ2n) is 5.47. The van der Waals surface area contributed by atoms with Crippen molar-refractivity contribution >= 4 is 5.97 Å². The number of hydrogen-bond donors (Lipinski definition) is 1. The Morgan fingerprint density at radius 1 is 1.40 bits per heavy atom. The Morgan fingerprint density at radius 3 is 2.65 bits per heavy atom. The molecule has 0 saturated heterocycles. The summed E-state index contributed by atoms with van der Waals surface area (Å²) in [6.45, 7) is 4.38. The smallest absolute Gasteiger partial charge is 0.329 e. The van der Waals surface area contributed by atoms with E-state index in [4.69, 9.17) is 9.47 Å². The van der Waals surface area contributed by atoms with Crippen molar-refractivity contribution in [2.75, 3.05) is 20.8 Å².